The summed E-state index contributed by atoms with van der Waals surface area (Å²) >= 11 is 4.69. The van der Waals surface area contributed by atoms with Gasteiger partial charge >= 0.3 is 0 Å². The van der Waals surface area contributed by atoms with Gasteiger partial charge in [0.2, 0.25) is 5.11 Å². The van der Waals surface area contributed by atoms with Crippen LogP contribution in [-0.2, 0) is 9.68 Å². The molecule has 0 atom stereocenters. The van der Waals surface area contributed by atoms with Crippen molar-refractivity contribution in [2.24, 2.45) is 9.98 Å². The molecule has 0 aliphatic rings. The zero-order valence-electron chi connectivity index (χ0n) is 6.77. The molecule has 12 heavy (non-hydrogen) atoms. The third-order valence-electron chi connectivity index (χ3n) is 0.691. The van der Waals surface area contributed by atoms with Gasteiger partial charge in [0.15, 0.2) is 0 Å². The van der Waals surface area contributed by atoms with Crippen molar-refractivity contribution in [3.8, 4) is 0 Å². The van der Waals surface area contributed by atoms with Gasteiger partial charge in [0.1, 0.15) is 12.7 Å². The second-order valence-electron chi connectivity index (χ2n) is 1.44. The van der Waals surface area contributed by atoms with E-state index in [-0.39, 0.29) is 5.11 Å². The Bertz CT molecular complexity index is 164. The number of hydrogen-bond donors (Lipinski definition) is 2. The summed E-state index contributed by atoms with van der Waals surface area (Å²) in [7, 11) is 2.93. The molecule has 0 amide bonds. The van der Waals surface area contributed by atoms with Crippen LogP contribution in [0.15, 0.2) is 9.98 Å². The van der Waals surface area contributed by atoms with Crippen molar-refractivity contribution in [2.45, 2.75) is 0 Å². The number of hydrogen-bond acceptors (Lipinski definition) is 3. The average molecular weight is 190 g/mol. The largest absolute Gasteiger partial charge is 0.279 e. The van der Waals surface area contributed by atoms with E-state index in [1.807, 2.05) is 0 Å². The van der Waals surface area contributed by atoms with E-state index >= 15 is 0 Å². The third-order valence-corrected chi connectivity index (χ3v) is 0.902. The topological polar surface area (TPSA) is 67.2 Å². The highest BCUT2D eigenvalue weighted by Crippen LogP contribution is 1.78. The Morgan fingerprint density at radius 1 is 1.17 bits per heavy atom. The zero-order chi connectivity index (χ0) is 9.23. The van der Waals surface area contributed by atoms with Crippen molar-refractivity contribution < 1.29 is 9.68 Å². The average Bonchev–Trinajstić information content (AvgIpc) is 2.06. The fourth-order valence-corrected chi connectivity index (χ4v) is 0.407. The van der Waals surface area contributed by atoms with E-state index in [1.54, 1.807) is 0 Å². The number of rotatable bonds is 4. The fourth-order valence-electron chi connectivity index (χ4n) is 0.302. The molecule has 0 aromatic carbocycles. The lowest BCUT2D eigenvalue weighted by molar-refractivity contribution is 0.148. The molecular weight excluding hydrogens is 180 g/mol. The Hall–Kier alpha value is -1.05. The number of thiocarbonyl (C=S) groups is 1. The van der Waals surface area contributed by atoms with Gasteiger partial charge < -0.3 is 0 Å². The number of hydroxylamine groups is 2. The highest BCUT2D eigenvalue weighted by molar-refractivity contribution is 7.80. The molecule has 6 nitrogen and oxygen atoms in total. The summed E-state index contributed by atoms with van der Waals surface area (Å²) in [6, 6.07) is 0. The summed E-state index contributed by atoms with van der Waals surface area (Å²) in [5.41, 5.74) is 4.73. The molecule has 0 aliphatic heterocycles. The number of nitrogens with zero attached hydrogens (tertiary/aromatic N) is 2. The number of aliphatic imine (C=N–C) groups is 2. The van der Waals surface area contributed by atoms with Crippen LogP contribution in [0.5, 0.6) is 0 Å². The van der Waals surface area contributed by atoms with Crippen molar-refractivity contribution in [3.05, 3.63) is 0 Å². The first-order valence-corrected chi connectivity index (χ1v) is 3.38. The van der Waals surface area contributed by atoms with Crippen molar-refractivity contribution in [1.82, 2.24) is 11.0 Å². The molecule has 0 fully saturated rings. The summed E-state index contributed by atoms with van der Waals surface area (Å²) in [4.78, 5) is 16.3. The SMILES string of the molecule is CON/C=N/C(=S)/N=C/NOC. The maximum absolute atomic E-state index is 4.69. The smallest absolute Gasteiger partial charge is 0.222 e. The Labute approximate surface area is 75.6 Å². The van der Waals surface area contributed by atoms with E-state index in [0.29, 0.717) is 0 Å². The van der Waals surface area contributed by atoms with E-state index in [4.69, 9.17) is 12.2 Å². The monoisotopic (exact) mass is 190 g/mol. The molecule has 0 aromatic heterocycles. The third kappa shape index (κ3) is 7.06. The zero-order valence-corrected chi connectivity index (χ0v) is 7.59. The first kappa shape index (κ1) is 11.0. The van der Waals surface area contributed by atoms with E-state index in [2.05, 4.69) is 30.6 Å². The van der Waals surface area contributed by atoms with Crippen LogP contribution in [0.25, 0.3) is 0 Å². The Balaban J connectivity index is 3.58. The van der Waals surface area contributed by atoms with E-state index in [0.717, 1.165) is 0 Å². The van der Waals surface area contributed by atoms with Gasteiger partial charge in [0.25, 0.3) is 0 Å². The Kier molecular flexibility index (Phi) is 7.35. The Morgan fingerprint density at radius 3 is 1.92 bits per heavy atom. The standard InChI is InChI=1S/C5H10N4O2S/c1-10-8-3-6-5(12)7-4-9-11-2/h3-4H,1-2H3,(H2,6,7,8,9,12). The molecule has 0 rings (SSSR count). The molecule has 0 aliphatic carbocycles. The molecule has 7 heteroatoms. The highest BCUT2D eigenvalue weighted by atomic mass is 32.1. The van der Waals surface area contributed by atoms with Gasteiger partial charge in [-0.2, -0.15) is 0 Å². The van der Waals surface area contributed by atoms with Crippen LogP contribution in [0.4, 0.5) is 0 Å². The van der Waals surface area contributed by atoms with Crippen LogP contribution < -0.4 is 11.0 Å². The lowest BCUT2D eigenvalue weighted by Crippen LogP contribution is -2.10. The molecule has 68 valence electrons. The van der Waals surface area contributed by atoms with Gasteiger partial charge in [0.05, 0.1) is 14.2 Å². The van der Waals surface area contributed by atoms with Crippen LogP contribution in [-0.4, -0.2) is 32.0 Å². The van der Waals surface area contributed by atoms with Crippen LogP contribution >= 0.6 is 12.2 Å². The minimum atomic E-state index is 0.157. The normalized spacial score (nSPS) is 10.8. The molecule has 0 bridgehead atoms. The van der Waals surface area contributed by atoms with Crippen molar-refractivity contribution >= 4 is 30.0 Å². The summed E-state index contributed by atoms with van der Waals surface area (Å²) in [5, 5.41) is 0.157. The molecular formula is C5H10N4O2S. The predicted octanol–water partition coefficient (Wildman–Crippen LogP) is -0.370. The van der Waals surface area contributed by atoms with E-state index in [9.17, 15) is 0 Å². The second-order valence-corrected chi connectivity index (χ2v) is 1.81. The minimum absolute atomic E-state index is 0.157. The predicted molar refractivity (Wildman–Crippen MR) is 49.9 cm³/mol. The second kappa shape index (κ2) is 8.05. The van der Waals surface area contributed by atoms with Gasteiger partial charge in [-0.15, -0.1) is 0 Å². The maximum Gasteiger partial charge on any atom is 0.222 e. The van der Waals surface area contributed by atoms with Gasteiger partial charge in [0, 0.05) is 0 Å². The first-order valence-electron chi connectivity index (χ1n) is 2.97. The first-order chi connectivity index (χ1) is 5.81. The summed E-state index contributed by atoms with van der Waals surface area (Å²) in [5.74, 6) is 0. The van der Waals surface area contributed by atoms with E-state index in [1.165, 1.54) is 26.9 Å². The van der Waals surface area contributed by atoms with Gasteiger partial charge in [-0.3, -0.25) is 20.6 Å². The van der Waals surface area contributed by atoms with Crippen LogP contribution in [0.2, 0.25) is 0 Å². The molecule has 0 unspecified atom stereocenters. The van der Waals surface area contributed by atoms with Crippen molar-refractivity contribution in [2.75, 3.05) is 14.2 Å². The lowest BCUT2D eigenvalue weighted by Gasteiger charge is -1.92. The van der Waals surface area contributed by atoms with E-state index < -0.39 is 0 Å². The summed E-state index contributed by atoms with van der Waals surface area (Å²) in [6.07, 6.45) is 2.57. The Morgan fingerprint density at radius 2 is 1.58 bits per heavy atom. The van der Waals surface area contributed by atoms with Gasteiger partial charge in [-0.25, -0.2) is 9.98 Å². The molecule has 0 spiro atoms. The fraction of sp³-hybridized carbons (Fsp3) is 0.400. The minimum Gasteiger partial charge on any atom is -0.279 e. The van der Waals surface area contributed by atoms with Crippen LogP contribution in [0.3, 0.4) is 0 Å². The number of nitrogens with one attached hydrogen (secondary N) is 2. The van der Waals surface area contributed by atoms with Crippen molar-refractivity contribution in [3.63, 3.8) is 0 Å². The lowest BCUT2D eigenvalue weighted by atomic mass is 11.0. The van der Waals surface area contributed by atoms with Crippen molar-refractivity contribution in [1.29, 1.82) is 0 Å². The molecule has 0 aromatic rings. The summed E-state index contributed by atoms with van der Waals surface area (Å²) < 4.78 is 0. The molecule has 0 saturated heterocycles. The van der Waals surface area contributed by atoms with Crippen LogP contribution in [0.1, 0.15) is 0 Å². The van der Waals surface area contributed by atoms with Gasteiger partial charge in [-0.1, -0.05) is 0 Å². The van der Waals surface area contributed by atoms with Gasteiger partial charge in [-0.05, 0) is 12.2 Å². The molecule has 0 radical (unpaired) electrons. The molecule has 0 heterocycles. The molecule has 2 N–H and O–H groups in total. The summed E-state index contributed by atoms with van der Waals surface area (Å²) in [6.45, 7) is 0. The molecule has 0 saturated carbocycles. The van der Waals surface area contributed by atoms with Crippen LogP contribution in [0, 0.1) is 0 Å². The maximum atomic E-state index is 4.69. The quantitative estimate of drug-likeness (QED) is 0.274. The highest BCUT2D eigenvalue weighted by Gasteiger charge is 1.82.